The number of ether oxygens (including phenoxy) is 2. The lowest BCUT2D eigenvalue weighted by Gasteiger charge is -2.53. The maximum atomic E-state index is 12.0. The van der Waals surface area contributed by atoms with Crippen molar-refractivity contribution in [2.45, 2.75) is 64.4 Å². The third-order valence-electron chi connectivity index (χ3n) is 5.74. The summed E-state index contributed by atoms with van der Waals surface area (Å²) in [6, 6.07) is 0. The molecular weight excluding hydrogens is 292 g/mol. The van der Waals surface area contributed by atoms with Crippen LogP contribution in [0.2, 0.25) is 0 Å². The van der Waals surface area contributed by atoms with Crippen molar-refractivity contribution in [3.8, 4) is 0 Å². The van der Waals surface area contributed by atoms with Crippen LogP contribution in [0, 0.1) is 23.7 Å². The molecule has 0 radical (unpaired) electrons. The van der Waals surface area contributed by atoms with E-state index in [-0.39, 0.29) is 6.10 Å². The molecule has 0 aromatic carbocycles. The van der Waals surface area contributed by atoms with Crippen molar-refractivity contribution in [3.05, 3.63) is 12.2 Å². The molecular formula is C19H28O4. The second-order valence-corrected chi connectivity index (χ2v) is 7.54. The van der Waals surface area contributed by atoms with Gasteiger partial charge in [-0.2, -0.15) is 0 Å². The highest BCUT2D eigenvalue weighted by molar-refractivity contribution is 5.91. The molecule has 4 aliphatic rings. The molecule has 0 atom stereocenters. The van der Waals surface area contributed by atoms with Gasteiger partial charge in [-0.1, -0.05) is 19.8 Å². The fourth-order valence-electron chi connectivity index (χ4n) is 4.95. The molecule has 4 saturated carbocycles. The van der Waals surface area contributed by atoms with Crippen molar-refractivity contribution < 1.29 is 19.1 Å². The molecule has 0 aromatic rings. The average Bonchev–Trinajstić information content (AvgIpc) is 2.52. The zero-order chi connectivity index (χ0) is 16.2. The molecule has 4 rings (SSSR count). The van der Waals surface area contributed by atoms with E-state index < -0.39 is 11.9 Å². The molecule has 4 bridgehead atoms. The lowest BCUT2D eigenvalue weighted by atomic mass is 9.55. The van der Waals surface area contributed by atoms with Crippen LogP contribution in [0.3, 0.4) is 0 Å². The minimum atomic E-state index is -0.455. The van der Waals surface area contributed by atoms with Gasteiger partial charge in [0.2, 0.25) is 0 Å². The molecule has 0 aromatic heterocycles. The summed E-state index contributed by atoms with van der Waals surface area (Å²) in [6.45, 7) is 2.52. The molecule has 0 aliphatic heterocycles. The Bertz CT molecular complexity index is 440. The van der Waals surface area contributed by atoms with Crippen molar-refractivity contribution >= 4 is 11.9 Å². The molecule has 0 heterocycles. The van der Waals surface area contributed by atoms with Crippen molar-refractivity contribution in [1.82, 2.24) is 0 Å². The van der Waals surface area contributed by atoms with Crippen LogP contribution in [0.15, 0.2) is 12.2 Å². The molecule has 4 nitrogen and oxygen atoms in total. The summed E-state index contributed by atoms with van der Waals surface area (Å²) in [4.78, 5) is 23.5. The molecule has 0 saturated heterocycles. The maximum Gasteiger partial charge on any atom is 0.331 e. The molecule has 0 N–H and O–H groups in total. The lowest BCUT2D eigenvalue weighted by Crippen LogP contribution is -2.49. The minimum absolute atomic E-state index is 0.0699. The van der Waals surface area contributed by atoms with Gasteiger partial charge in [-0.15, -0.1) is 0 Å². The number of unbranched alkanes of at least 4 members (excludes halogenated alkanes) is 2. The Morgan fingerprint density at radius 2 is 1.52 bits per heavy atom. The molecule has 4 heteroatoms. The van der Waals surface area contributed by atoms with Gasteiger partial charge in [0.05, 0.1) is 6.61 Å². The average molecular weight is 320 g/mol. The molecule has 4 fully saturated rings. The summed E-state index contributed by atoms with van der Waals surface area (Å²) in [7, 11) is 0. The number of carbonyl (C=O) groups excluding carboxylic acids is 2. The van der Waals surface area contributed by atoms with Crippen molar-refractivity contribution in [1.29, 1.82) is 0 Å². The largest absolute Gasteiger partial charge is 0.463 e. The van der Waals surface area contributed by atoms with E-state index in [1.54, 1.807) is 0 Å². The van der Waals surface area contributed by atoms with Gasteiger partial charge in [-0.3, -0.25) is 0 Å². The number of carbonyl (C=O) groups is 2. The van der Waals surface area contributed by atoms with Gasteiger partial charge in [0.25, 0.3) is 0 Å². The summed E-state index contributed by atoms with van der Waals surface area (Å²) in [5.41, 5.74) is 0. The highest BCUT2D eigenvalue weighted by Gasteiger charge is 2.49. The third-order valence-corrected chi connectivity index (χ3v) is 5.74. The molecule has 0 amide bonds. The van der Waals surface area contributed by atoms with Gasteiger partial charge >= 0.3 is 11.9 Å². The summed E-state index contributed by atoms with van der Waals surface area (Å²) >= 11 is 0. The summed E-state index contributed by atoms with van der Waals surface area (Å²) in [6.07, 6.45) is 11.8. The van der Waals surface area contributed by atoms with Crippen LogP contribution in [0.4, 0.5) is 0 Å². The van der Waals surface area contributed by atoms with E-state index in [9.17, 15) is 9.59 Å². The van der Waals surface area contributed by atoms with E-state index in [1.807, 2.05) is 0 Å². The van der Waals surface area contributed by atoms with Crippen LogP contribution in [0.25, 0.3) is 0 Å². The van der Waals surface area contributed by atoms with Crippen LogP contribution in [-0.2, 0) is 19.1 Å². The van der Waals surface area contributed by atoms with Crippen LogP contribution in [0.5, 0.6) is 0 Å². The monoisotopic (exact) mass is 320 g/mol. The smallest absolute Gasteiger partial charge is 0.331 e. The number of hydrogen-bond acceptors (Lipinski definition) is 4. The van der Waals surface area contributed by atoms with Crippen LogP contribution in [0.1, 0.15) is 58.3 Å². The normalized spacial score (nSPS) is 34.7. The number of hydrogen-bond donors (Lipinski definition) is 0. The zero-order valence-corrected chi connectivity index (χ0v) is 14.0. The van der Waals surface area contributed by atoms with Gasteiger partial charge in [-0.25, -0.2) is 9.59 Å². The fourth-order valence-corrected chi connectivity index (χ4v) is 4.95. The van der Waals surface area contributed by atoms with Crippen LogP contribution in [-0.4, -0.2) is 24.6 Å². The second-order valence-electron chi connectivity index (χ2n) is 7.54. The Morgan fingerprint density at radius 3 is 2.13 bits per heavy atom. The summed E-state index contributed by atoms with van der Waals surface area (Å²) in [5.74, 6) is 1.97. The fraction of sp³-hybridized carbons (Fsp3) is 0.789. The standard InChI is InChI=1S/C19H28O4/c1-2-3-4-7-22-17(20)5-6-18(21)23-19-15-9-13-8-14(11-15)12-16(19)10-13/h5-6,13-16,19H,2-4,7-12H2,1H3/b6-5+. The van der Waals surface area contributed by atoms with Crippen molar-refractivity contribution in [2.24, 2.45) is 23.7 Å². The first-order valence-corrected chi connectivity index (χ1v) is 9.21. The Kier molecular flexibility index (Phi) is 5.39. The van der Waals surface area contributed by atoms with Crippen molar-refractivity contribution in [3.63, 3.8) is 0 Å². The Morgan fingerprint density at radius 1 is 0.913 bits per heavy atom. The van der Waals surface area contributed by atoms with Crippen LogP contribution >= 0.6 is 0 Å². The van der Waals surface area contributed by atoms with E-state index in [4.69, 9.17) is 9.47 Å². The SMILES string of the molecule is CCCCCOC(=O)/C=C/C(=O)OC1C2CC3CC(C2)CC1C3. The highest BCUT2D eigenvalue weighted by atomic mass is 16.5. The molecule has 23 heavy (non-hydrogen) atoms. The van der Waals surface area contributed by atoms with Gasteiger partial charge in [0, 0.05) is 12.2 Å². The van der Waals surface area contributed by atoms with Gasteiger partial charge in [0.15, 0.2) is 0 Å². The first-order chi connectivity index (χ1) is 11.2. The quantitative estimate of drug-likeness (QED) is 0.408. The van der Waals surface area contributed by atoms with Gasteiger partial charge in [0.1, 0.15) is 6.10 Å². The molecule has 0 spiro atoms. The lowest BCUT2D eigenvalue weighted by molar-refractivity contribution is -0.165. The first-order valence-electron chi connectivity index (χ1n) is 9.21. The van der Waals surface area contributed by atoms with Gasteiger partial charge in [-0.05, 0) is 62.2 Å². The molecule has 128 valence electrons. The Labute approximate surface area is 138 Å². The second kappa shape index (κ2) is 7.50. The number of esters is 2. The third kappa shape index (κ3) is 4.15. The maximum absolute atomic E-state index is 12.0. The Balaban J connectivity index is 1.42. The zero-order valence-electron chi connectivity index (χ0n) is 14.0. The van der Waals surface area contributed by atoms with Crippen molar-refractivity contribution in [2.75, 3.05) is 6.61 Å². The first kappa shape index (κ1) is 16.5. The van der Waals surface area contributed by atoms with Gasteiger partial charge < -0.3 is 9.47 Å². The van der Waals surface area contributed by atoms with E-state index in [1.165, 1.54) is 44.3 Å². The predicted molar refractivity (Wildman–Crippen MR) is 86.5 cm³/mol. The van der Waals surface area contributed by atoms with E-state index >= 15 is 0 Å². The van der Waals surface area contributed by atoms with E-state index in [0.717, 1.165) is 31.1 Å². The molecule has 0 unspecified atom stereocenters. The van der Waals surface area contributed by atoms with E-state index in [0.29, 0.717) is 18.4 Å². The number of rotatable bonds is 7. The van der Waals surface area contributed by atoms with E-state index in [2.05, 4.69) is 6.92 Å². The summed E-state index contributed by atoms with van der Waals surface area (Å²) < 4.78 is 10.7. The minimum Gasteiger partial charge on any atom is -0.463 e. The molecule has 4 aliphatic carbocycles. The topological polar surface area (TPSA) is 52.6 Å². The predicted octanol–water partition coefficient (Wildman–Crippen LogP) is 3.64. The van der Waals surface area contributed by atoms with Crippen LogP contribution < -0.4 is 0 Å². The summed E-state index contributed by atoms with van der Waals surface area (Å²) in [5, 5.41) is 0. The Hall–Kier alpha value is -1.32. The highest BCUT2D eigenvalue weighted by Crippen LogP contribution is 2.54.